The van der Waals surface area contributed by atoms with Crippen molar-refractivity contribution in [3.63, 3.8) is 0 Å². The highest BCUT2D eigenvalue weighted by atomic mass is 19.1. The molecule has 3 aromatic carbocycles. The summed E-state index contributed by atoms with van der Waals surface area (Å²) in [6, 6.07) is 18.6. The van der Waals surface area contributed by atoms with Gasteiger partial charge in [0.15, 0.2) is 0 Å². The van der Waals surface area contributed by atoms with Gasteiger partial charge < -0.3 is 9.88 Å². The third-order valence-electron chi connectivity index (χ3n) is 5.29. The molecule has 29 heavy (non-hydrogen) atoms. The predicted molar refractivity (Wildman–Crippen MR) is 113 cm³/mol. The Morgan fingerprint density at radius 1 is 1.07 bits per heavy atom. The van der Waals surface area contributed by atoms with E-state index in [1.807, 2.05) is 42.5 Å². The van der Waals surface area contributed by atoms with Gasteiger partial charge in [0.05, 0.1) is 23.8 Å². The molecule has 0 saturated carbocycles. The van der Waals surface area contributed by atoms with Gasteiger partial charge >= 0.3 is 0 Å². The van der Waals surface area contributed by atoms with E-state index in [0.29, 0.717) is 16.6 Å². The van der Waals surface area contributed by atoms with Crippen LogP contribution in [0.3, 0.4) is 0 Å². The summed E-state index contributed by atoms with van der Waals surface area (Å²) in [5.41, 5.74) is 6.55. The Bertz CT molecular complexity index is 1340. The summed E-state index contributed by atoms with van der Waals surface area (Å²) < 4.78 is 16.5. The van der Waals surface area contributed by atoms with E-state index >= 15 is 0 Å². The Morgan fingerprint density at radius 3 is 2.72 bits per heavy atom. The molecule has 0 amide bonds. The summed E-state index contributed by atoms with van der Waals surface area (Å²) in [4.78, 5) is 16.5. The fourth-order valence-electron chi connectivity index (χ4n) is 3.81. The van der Waals surface area contributed by atoms with Crippen molar-refractivity contribution in [2.24, 2.45) is 0 Å². The topological polar surface area (TPSA) is 46.9 Å². The molecule has 2 heterocycles. The molecule has 0 atom stereocenters. The average Bonchev–Trinajstić information content (AvgIpc) is 3.10. The van der Waals surface area contributed by atoms with E-state index in [1.54, 1.807) is 10.6 Å². The molecule has 1 aliphatic heterocycles. The molecular weight excluding hydrogens is 365 g/mol. The number of halogens is 1. The molecule has 0 spiro atoms. The highest BCUT2D eigenvalue weighted by molar-refractivity contribution is 5.74. The van der Waals surface area contributed by atoms with Gasteiger partial charge in [0.2, 0.25) is 0 Å². The number of aromatic nitrogens is 2. The van der Waals surface area contributed by atoms with Crippen molar-refractivity contribution >= 4 is 16.7 Å². The van der Waals surface area contributed by atoms with E-state index < -0.39 is 0 Å². The first kappa shape index (κ1) is 17.4. The van der Waals surface area contributed by atoms with Crippen molar-refractivity contribution in [3.8, 4) is 11.1 Å². The van der Waals surface area contributed by atoms with Crippen LogP contribution in [0.5, 0.6) is 0 Å². The zero-order valence-corrected chi connectivity index (χ0v) is 15.7. The van der Waals surface area contributed by atoms with Crippen molar-refractivity contribution in [3.05, 3.63) is 106 Å². The van der Waals surface area contributed by atoms with Crippen LogP contribution in [0.25, 0.3) is 22.2 Å². The lowest BCUT2D eigenvalue weighted by molar-refractivity contribution is 0.599. The summed E-state index contributed by atoms with van der Waals surface area (Å²) in [7, 11) is 0. The molecule has 0 unspecified atom stereocenters. The highest BCUT2D eigenvalue weighted by Crippen LogP contribution is 2.32. The highest BCUT2D eigenvalue weighted by Gasteiger charge is 2.15. The predicted octanol–water partition coefficient (Wildman–Crippen LogP) is 4.73. The second-order valence-corrected chi connectivity index (χ2v) is 7.25. The van der Waals surface area contributed by atoms with Crippen LogP contribution >= 0.6 is 0 Å². The van der Waals surface area contributed by atoms with Crippen LogP contribution in [0.1, 0.15) is 11.1 Å². The minimum absolute atomic E-state index is 0.155. The van der Waals surface area contributed by atoms with Gasteiger partial charge in [0.1, 0.15) is 5.82 Å². The van der Waals surface area contributed by atoms with Gasteiger partial charge in [-0.3, -0.25) is 4.79 Å². The van der Waals surface area contributed by atoms with Crippen LogP contribution in [-0.4, -0.2) is 9.55 Å². The number of nitrogens with one attached hydrogen (secondary N) is 1. The number of fused-ring (bicyclic) bond motifs is 2. The SMILES string of the molecule is C=C1Cc2cc(-c3ccc(Cn4c(=O)cnc5ccccc54)c(F)c3)ccc2N1. The Morgan fingerprint density at radius 2 is 1.86 bits per heavy atom. The van der Waals surface area contributed by atoms with Crippen LogP contribution in [-0.2, 0) is 13.0 Å². The standard InChI is InChI=1S/C24H18FN3O/c1-15-10-19-11-16(8-9-21(19)27-15)17-6-7-18(20(25)12-17)14-28-23-5-3-2-4-22(23)26-13-24(28)29/h2-9,11-13,27H,1,10,14H2. The van der Waals surface area contributed by atoms with E-state index in [2.05, 4.69) is 22.9 Å². The Labute approximate surface area is 167 Å². The summed E-state index contributed by atoms with van der Waals surface area (Å²) in [5, 5.41) is 3.24. The molecule has 5 rings (SSSR count). The van der Waals surface area contributed by atoms with Crippen molar-refractivity contribution < 1.29 is 4.39 Å². The fourth-order valence-corrected chi connectivity index (χ4v) is 3.81. The smallest absolute Gasteiger partial charge is 0.269 e. The van der Waals surface area contributed by atoms with E-state index in [0.717, 1.165) is 34.5 Å². The fraction of sp³-hybridized carbons (Fsp3) is 0.0833. The minimum atomic E-state index is -0.335. The monoisotopic (exact) mass is 383 g/mol. The lowest BCUT2D eigenvalue weighted by Crippen LogP contribution is -2.21. The first-order chi connectivity index (χ1) is 14.1. The normalized spacial score (nSPS) is 12.8. The first-order valence-electron chi connectivity index (χ1n) is 9.39. The van der Waals surface area contributed by atoms with Crippen molar-refractivity contribution in [1.82, 2.24) is 9.55 Å². The maximum Gasteiger partial charge on any atom is 0.269 e. The van der Waals surface area contributed by atoms with Gasteiger partial charge in [-0.25, -0.2) is 9.37 Å². The molecule has 1 aromatic heterocycles. The Kier molecular flexibility index (Phi) is 4.02. The molecular formula is C24H18FN3O. The van der Waals surface area contributed by atoms with Crippen LogP contribution in [0.2, 0.25) is 0 Å². The minimum Gasteiger partial charge on any atom is -0.359 e. The van der Waals surface area contributed by atoms with E-state index in [1.165, 1.54) is 12.3 Å². The number of benzene rings is 3. The van der Waals surface area contributed by atoms with Gasteiger partial charge in [-0.1, -0.05) is 36.9 Å². The molecule has 142 valence electrons. The second-order valence-electron chi connectivity index (χ2n) is 7.25. The Hall–Kier alpha value is -3.73. The number of nitrogens with zero attached hydrogens (tertiary/aromatic N) is 2. The number of hydrogen-bond acceptors (Lipinski definition) is 3. The lowest BCUT2D eigenvalue weighted by atomic mass is 10.00. The lowest BCUT2D eigenvalue weighted by Gasteiger charge is -2.12. The van der Waals surface area contributed by atoms with Gasteiger partial charge in [0, 0.05) is 23.4 Å². The number of rotatable bonds is 3. The largest absolute Gasteiger partial charge is 0.359 e. The molecule has 4 nitrogen and oxygen atoms in total. The molecule has 5 heteroatoms. The Balaban J connectivity index is 1.50. The van der Waals surface area contributed by atoms with Gasteiger partial charge in [0.25, 0.3) is 5.56 Å². The van der Waals surface area contributed by atoms with Gasteiger partial charge in [-0.05, 0) is 47.0 Å². The summed E-state index contributed by atoms with van der Waals surface area (Å²) >= 11 is 0. The molecule has 0 saturated heterocycles. The van der Waals surface area contributed by atoms with Gasteiger partial charge in [-0.2, -0.15) is 0 Å². The van der Waals surface area contributed by atoms with Crippen LogP contribution in [0, 0.1) is 5.82 Å². The molecule has 0 fully saturated rings. The van der Waals surface area contributed by atoms with E-state index in [9.17, 15) is 9.18 Å². The molecule has 0 bridgehead atoms. The second kappa shape index (κ2) is 6.71. The molecule has 1 N–H and O–H groups in total. The number of hydrogen-bond donors (Lipinski definition) is 1. The zero-order chi connectivity index (χ0) is 20.0. The van der Waals surface area contributed by atoms with Gasteiger partial charge in [-0.15, -0.1) is 0 Å². The van der Waals surface area contributed by atoms with Crippen molar-refractivity contribution in [2.45, 2.75) is 13.0 Å². The molecule has 1 aliphatic rings. The van der Waals surface area contributed by atoms with Crippen LogP contribution in [0.15, 0.2) is 83.9 Å². The molecule has 0 radical (unpaired) electrons. The third kappa shape index (κ3) is 3.10. The zero-order valence-electron chi connectivity index (χ0n) is 15.7. The number of para-hydroxylation sites is 2. The number of anilines is 1. The summed E-state index contributed by atoms with van der Waals surface area (Å²) in [6.45, 7) is 4.12. The number of allylic oxidation sites excluding steroid dienone is 1. The molecule has 4 aromatic rings. The first-order valence-corrected chi connectivity index (χ1v) is 9.39. The average molecular weight is 383 g/mol. The summed E-state index contributed by atoms with van der Waals surface area (Å²) in [6.07, 6.45) is 2.06. The maximum atomic E-state index is 14.9. The van der Waals surface area contributed by atoms with Crippen LogP contribution in [0.4, 0.5) is 10.1 Å². The van der Waals surface area contributed by atoms with Crippen molar-refractivity contribution in [1.29, 1.82) is 0 Å². The van der Waals surface area contributed by atoms with Crippen LogP contribution < -0.4 is 10.9 Å². The third-order valence-corrected chi connectivity index (χ3v) is 5.29. The quantitative estimate of drug-likeness (QED) is 0.556. The molecule has 0 aliphatic carbocycles. The maximum absolute atomic E-state index is 14.9. The van der Waals surface area contributed by atoms with E-state index in [-0.39, 0.29) is 17.9 Å². The van der Waals surface area contributed by atoms with Crippen molar-refractivity contribution in [2.75, 3.05) is 5.32 Å². The summed E-state index contributed by atoms with van der Waals surface area (Å²) in [5.74, 6) is -0.335. The van der Waals surface area contributed by atoms with E-state index in [4.69, 9.17) is 0 Å².